The number of benzene rings is 3. The van der Waals surface area contributed by atoms with Gasteiger partial charge < -0.3 is 9.84 Å². The SMILES string of the molecule is COc1ccccc1C1/C(=C(\O)c2ccc(C)c(C)c2)C(=O)C(=O)N1c1cc(C)cc(C)c1. The average Bonchev–Trinajstić information content (AvgIpc) is 3.05. The maximum Gasteiger partial charge on any atom is 0.300 e. The molecule has 3 aromatic carbocycles. The molecule has 0 saturated carbocycles. The summed E-state index contributed by atoms with van der Waals surface area (Å²) in [7, 11) is 1.55. The molecule has 4 rings (SSSR count). The standard InChI is InChI=1S/C28H27NO4/c1-16-12-17(2)14-21(13-16)29-25(22-8-6-7-9-23(22)33-5)24(27(31)28(29)32)26(30)20-11-10-18(3)19(4)15-20/h6-15,25,30H,1-5H3/b26-24+. The molecule has 0 aromatic heterocycles. The zero-order valence-electron chi connectivity index (χ0n) is 19.5. The van der Waals surface area contributed by atoms with Crippen molar-refractivity contribution in [1.29, 1.82) is 0 Å². The monoisotopic (exact) mass is 441 g/mol. The number of carbonyl (C=O) groups excluding carboxylic acids is 2. The molecule has 168 valence electrons. The van der Waals surface area contributed by atoms with Crippen LogP contribution in [0.4, 0.5) is 5.69 Å². The zero-order valence-corrected chi connectivity index (χ0v) is 19.5. The number of carbonyl (C=O) groups is 2. The average molecular weight is 442 g/mol. The van der Waals surface area contributed by atoms with Crippen LogP contribution in [0.1, 0.15) is 39.4 Å². The first-order chi connectivity index (χ1) is 15.7. The van der Waals surface area contributed by atoms with Crippen molar-refractivity contribution in [3.05, 3.63) is 99.6 Å². The molecule has 33 heavy (non-hydrogen) atoms. The predicted molar refractivity (Wildman–Crippen MR) is 130 cm³/mol. The Morgan fingerprint density at radius 3 is 2.18 bits per heavy atom. The summed E-state index contributed by atoms with van der Waals surface area (Å²) in [5, 5.41) is 11.3. The number of rotatable bonds is 4. The smallest absolute Gasteiger partial charge is 0.300 e. The molecule has 1 aliphatic rings. The van der Waals surface area contributed by atoms with E-state index < -0.39 is 17.7 Å². The number of anilines is 1. The molecule has 1 N–H and O–H groups in total. The van der Waals surface area contributed by atoms with Gasteiger partial charge in [0.15, 0.2) is 0 Å². The molecule has 5 nitrogen and oxygen atoms in total. The van der Waals surface area contributed by atoms with Crippen molar-refractivity contribution in [1.82, 2.24) is 0 Å². The molecule has 1 fully saturated rings. The van der Waals surface area contributed by atoms with Crippen LogP contribution < -0.4 is 9.64 Å². The van der Waals surface area contributed by atoms with Crippen LogP contribution in [0.25, 0.3) is 5.76 Å². The van der Waals surface area contributed by atoms with Gasteiger partial charge in [-0.15, -0.1) is 0 Å². The van der Waals surface area contributed by atoms with E-state index in [1.54, 1.807) is 19.2 Å². The molecule has 0 aliphatic carbocycles. The number of hydrogen-bond donors (Lipinski definition) is 1. The van der Waals surface area contributed by atoms with Crippen molar-refractivity contribution < 1.29 is 19.4 Å². The third-order valence-corrected chi connectivity index (χ3v) is 6.14. The van der Waals surface area contributed by atoms with Gasteiger partial charge in [-0.3, -0.25) is 14.5 Å². The second kappa shape index (κ2) is 8.58. The third-order valence-electron chi connectivity index (χ3n) is 6.14. The number of para-hydroxylation sites is 1. The summed E-state index contributed by atoms with van der Waals surface area (Å²) < 4.78 is 5.58. The Bertz CT molecular complexity index is 1280. The van der Waals surface area contributed by atoms with Crippen LogP contribution in [0.3, 0.4) is 0 Å². The molecular formula is C28H27NO4. The van der Waals surface area contributed by atoms with E-state index in [2.05, 4.69) is 0 Å². The molecule has 1 unspecified atom stereocenters. The first-order valence-corrected chi connectivity index (χ1v) is 10.8. The fraction of sp³-hybridized carbons (Fsp3) is 0.214. The predicted octanol–water partition coefficient (Wildman–Crippen LogP) is 5.56. The third kappa shape index (κ3) is 3.91. The van der Waals surface area contributed by atoms with Gasteiger partial charge in [0.2, 0.25) is 0 Å². The quantitative estimate of drug-likeness (QED) is 0.327. The maximum atomic E-state index is 13.4. The molecule has 1 saturated heterocycles. The molecule has 1 atom stereocenters. The van der Waals surface area contributed by atoms with Crippen molar-refractivity contribution >= 4 is 23.1 Å². The van der Waals surface area contributed by atoms with Gasteiger partial charge in [-0.05, 0) is 74.2 Å². The lowest BCUT2D eigenvalue weighted by atomic mass is 9.93. The Labute approximate surface area is 193 Å². The number of ketones is 1. The highest BCUT2D eigenvalue weighted by Gasteiger charge is 2.48. The minimum atomic E-state index is -0.830. The molecule has 5 heteroatoms. The lowest BCUT2D eigenvalue weighted by Crippen LogP contribution is -2.29. The molecule has 0 radical (unpaired) electrons. The van der Waals surface area contributed by atoms with Gasteiger partial charge in [-0.25, -0.2) is 0 Å². The van der Waals surface area contributed by atoms with Crippen LogP contribution in [0.15, 0.2) is 66.2 Å². The van der Waals surface area contributed by atoms with E-state index in [4.69, 9.17) is 4.74 Å². The van der Waals surface area contributed by atoms with Crippen molar-refractivity contribution in [2.75, 3.05) is 12.0 Å². The van der Waals surface area contributed by atoms with Crippen LogP contribution in [-0.4, -0.2) is 23.9 Å². The van der Waals surface area contributed by atoms with E-state index in [0.29, 0.717) is 22.6 Å². The van der Waals surface area contributed by atoms with Gasteiger partial charge in [0.05, 0.1) is 18.7 Å². The van der Waals surface area contributed by atoms with Crippen molar-refractivity contribution in [2.24, 2.45) is 0 Å². The van der Waals surface area contributed by atoms with Gasteiger partial charge in [0, 0.05) is 16.8 Å². The second-order valence-electron chi connectivity index (χ2n) is 8.56. The first-order valence-electron chi connectivity index (χ1n) is 10.8. The van der Waals surface area contributed by atoms with E-state index in [1.807, 2.05) is 76.2 Å². The van der Waals surface area contributed by atoms with Gasteiger partial charge in [0.25, 0.3) is 11.7 Å². The molecule has 0 bridgehead atoms. The van der Waals surface area contributed by atoms with Crippen LogP contribution in [0, 0.1) is 27.7 Å². The first kappa shape index (κ1) is 22.3. The van der Waals surface area contributed by atoms with E-state index >= 15 is 0 Å². The van der Waals surface area contributed by atoms with Crippen LogP contribution in [-0.2, 0) is 9.59 Å². The normalized spacial score (nSPS) is 17.5. The lowest BCUT2D eigenvalue weighted by molar-refractivity contribution is -0.132. The van der Waals surface area contributed by atoms with Gasteiger partial charge in [-0.1, -0.05) is 36.4 Å². The fourth-order valence-electron chi connectivity index (χ4n) is 4.42. The van der Waals surface area contributed by atoms with Crippen LogP contribution in [0.5, 0.6) is 5.75 Å². The molecule has 3 aromatic rings. The summed E-state index contributed by atoms with van der Waals surface area (Å²) in [6.45, 7) is 7.81. The largest absolute Gasteiger partial charge is 0.507 e. The molecule has 1 heterocycles. The molecule has 0 spiro atoms. The number of amides is 1. The number of hydrogen-bond acceptors (Lipinski definition) is 4. The molecule has 1 aliphatic heterocycles. The second-order valence-corrected chi connectivity index (χ2v) is 8.56. The Kier molecular flexibility index (Phi) is 5.81. The van der Waals surface area contributed by atoms with Crippen molar-refractivity contribution in [2.45, 2.75) is 33.7 Å². The van der Waals surface area contributed by atoms with Gasteiger partial charge in [-0.2, -0.15) is 0 Å². The van der Waals surface area contributed by atoms with Crippen LogP contribution >= 0.6 is 0 Å². The summed E-state index contributed by atoms with van der Waals surface area (Å²) in [6.07, 6.45) is 0. The van der Waals surface area contributed by atoms with Gasteiger partial charge >= 0.3 is 0 Å². The molecular weight excluding hydrogens is 414 g/mol. The fourth-order valence-corrected chi connectivity index (χ4v) is 4.42. The summed E-state index contributed by atoms with van der Waals surface area (Å²) >= 11 is 0. The summed E-state index contributed by atoms with van der Waals surface area (Å²) in [5.74, 6) is -1.06. The van der Waals surface area contributed by atoms with Crippen molar-refractivity contribution in [3.63, 3.8) is 0 Å². The van der Waals surface area contributed by atoms with E-state index in [9.17, 15) is 14.7 Å². The minimum absolute atomic E-state index is 0.0481. The minimum Gasteiger partial charge on any atom is -0.507 e. The summed E-state index contributed by atoms with van der Waals surface area (Å²) in [6, 6.07) is 17.7. The van der Waals surface area contributed by atoms with Crippen LogP contribution in [0.2, 0.25) is 0 Å². The number of ether oxygens (including phenoxy) is 1. The van der Waals surface area contributed by atoms with E-state index in [1.165, 1.54) is 4.90 Å². The topological polar surface area (TPSA) is 66.8 Å². The van der Waals surface area contributed by atoms with Crippen molar-refractivity contribution in [3.8, 4) is 5.75 Å². The summed E-state index contributed by atoms with van der Waals surface area (Å²) in [4.78, 5) is 28.2. The number of aliphatic hydroxyl groups is 1. The number of methoxy groups -OCH3 is 1. The maximum absolute atomic E-state index is 13.4. The summed E-state index contributed by atoms with van der Waals surface area (Å²) in [5.41, 5.74) is 5.77. The Morgan fingerprint density at radius 1 is 0.879 bits per heavy atom. The Morgan fingerprint density at radius 2 is 1.55 bits per heavy atom. The number of nitrogens with zero attached hydrogens (tertiary/aromatic N) is 1. The lowest BCUT2D eigenvalue weighted by Gasteiger charge is -2.27. The Hall–Kier alpha value is -3.86. The highest BCUT2D eigenvalue weighted by molar-refractivity contribution is 6.51. The number of aryl methyl sites for hydroxylation is 4. The Balaban J connectivity index is 2.01. The number of aliphatic hydroxyl groups excluding tert-OH is 1. The number of Topliss-reactive ketones (excluding diaryl/α,β-unsaturated/α-hetero) is 1. The highest BCUT2D eigenvalue weighted by Crippen LogP contribution is 2.45. The molecule has 1 amide bonds. The van der Waals surface area contributed by atoms with E-state index in [-0.39, 0.29) is 11.3 Å². The van der Waals surface area contributed by atoms with E-state index in [0.717, 1.165) is 22.3 Å². The van der Waals surface area contributed by atoms with Gasteiger partial charge in [0.1, 0.15) is 11.5 Å². The highest BCUT2D eigenvalue weighted by atomic mass is 16.5. The zero-order chi connectivity index (χ0) is 23.9.